The molecule has 0 radical (unpaired) electrons. The summed E-state index contributed by atoms with van der Waals surface area (Å²) in [6, 6.07) is 8.68. The van der Waals surface area contributed by atoms with Crippen LogP contribution >= 0.6 is 15.9 Å². The quantitative estimate of drug-likeness (QED) is 0.605. The summed E-state index contributed by atoms with van der Waals surface area (Å²) in [4.78, 5) is 12.8. The Bertz CT molecular complexity index is 692. The predicted octanol–water partition coefficient (Wildman–Crippen LogP) is 5.54. The van der Waals surface area contributed by atoms with Crippen molar-refractivity contribution in [2.75, 3.05) is 0 Å². The summed E-state index contributed by atoms with van der Waals surface area (Å²) in [6.45, 7) is 0.669. The lowest BCUT2D eigenvalue weighted by atomic mass is 9.53. The largest absolute Gasteiger partial charge is 0.374 e. The van der Waals surface area contributed by atoms with Crippen molar-refractivity contribution >= 4 is 22.0 Å². The molecule has 1 aromatic carbocycles. The van der Waals surface area contributed by atoms with E-state index in [1.807, 2.05) is 0 Å². The molecule has 0 atom stereocenters. The summed E-state index contributed by atoms with van der Waals surface area (Å²) in [5, 5.41) is 6.73. The van der Waals surface area contributed by atoms with Gasteiger partial charge in [-0.15, -0.1) is 0 Å². The third-order valence-corrected chi connectivity index (χ3v) is 8.35. The summed E-state index contributed by atoms with van der Waals surface area (Å²) >= 11 is 3.47. The molecule has 2 N–H and O–H groups in total. The average molecular weight is 461 g/mol. The molecule has 0 spiro atoms. The van der Waals surface area contributed by atoms with E-state index in [-0.39, 0.29) is 17.6 Å². The molecule has 0 aromatic heterocycles. The van der Waals surface area contributed by atoms with E-state index in [1.165, 1.54) is 44.1 Å². The molecular weight excluding hydrogens is 428 g/mol. The van der Waals surface area contributed by atoms with Crippen LogP contribution in [0.25, 0.3) is 0 Å². The highest BCUT2D eigenvalue weighted by atomic mass is 79.9. The second kappa shape index (κ2) is 8.22. The van der Waals surface area contributed by atoms with E-state index in [2.05, 4.69) is 50.8 Å². The Labute approximate surface area is 182 Å². The lowest BCUT2D eigenvalue weighted by Crippen LogP contribution is -2.62. The van der Waals surface area contributed by atoms with Gasteiger partial charge in [-0.3, -0.25) is 0 Å². The van der Waals surface area contributed by atoms with Gasteiger partial charge >= 0.3 is 6.03 Å². The van der Waals surface area contributed by atoms with Crippen molar-refractivity contribution in [2.45, 2.75) is 88.5 Å². The maximum atomic E-state index is 12.8. The minimum Gasteiger partial charge on any atom is -0.374 e. The molecule has 0 unspecified atom stereocenters. The van der Waals surface area contributed by atoms with Gasteiger partial charge in [-0.05, 0) is 99.7 Å². The zero-order valence-electron chi connectivity index (χ0n) is 17.2. The predicted molar refractivity (Wildman–Crippen MR) is 118 cm³/mol. The smallest absolute Gasteiger partial charge is 0.315 e. The number of carbonyl (C=O) groups is 1. The number of halogens is 1. The minimum atomic E-state index is 0.0752. The molecule has 4 bridgehead atoms. The van der Waals surface area contributed by atoms with E-state index in [0.717, 1.165) is 47.9 Å². The van der Waals surface area contributed by atoms with Crippen LogP contribution in [0.15, 0.2) is 28.7 Å². The molecular formula is C24H33BrN2O2. The van der Waals surface area contributed by atoms with E-state index in [0.29, 0.717) is 12.7 Å². The first-order valence-corrected chi connectivity index (χ1v) is 12.3. The van der Waals surface area contributed by atoms with Crippen LogP contribution in [0.4, 0.5) is 4.79 Å². The SMILES string of the molecule is O=C(NC12CC3CC(CC(C3)C1)C2)N[C@H]1CC[C@@H](OCc2ccc(Br)cc2)CC1. The molecule has 0 saturated heterocycles. The molecule has 0 aliphatic heterocycles. The molecule has 158 valence electrons. The molecule has 0 heterocycles. The molecule has 2 amide bonds. The number of urea groups is 1. The van der Waals surface area contributed by atoms with Crippen molar-refractivity contribution in [3.8, 4) is 0 Å². The van der Waals surface area contributed by atoms with Gasteiger partial charge in [-0.1, -0.05) is 28.1 Å². The first kappa shape index (κ1) is 19.9. The molecule has 5 fully saturated rings. The second-order valence-corrected chi connectivity index (χ2v) is 11.1. The summed E-state index contributed by atoms with van der Waals surface area (Å²) < 4.78 is 7.21. The number of carbonyl (C=O) groups excluding carboxylic acids is 1. The van der Waals surface area contributed by atoms with Gasteiger partial charge in [0, 0.05) is 16.1 Å². The lowest BCUT2D eigenvalue weighted by molar-refractivity contribution is -0.0142. The minimum absolute atomic E-state index is 0.0752. The summed E-state index contributed by atoms with van der Waals surface area (Å²) in [6.07, 6.45) is 12.3. The number of benzene rings is 1. The molecule has 6 rings (SSSR count). The Balaban J connectivity index is 1.05. The molecule has 1 aromatic rings. The fourth-order valence-corrected chi connectivity index (χ4v) is 7.16. The zero-order valence-corrected chi connectivity index (χ0v) is 18.8. The number of hydrogen-bond donors (Lipinski definition) is 2. The van der Waals surface area contributed by atoms with Crippen molar-refractivity contribution in [3.63, 3.8) is 0 Å². The molecule has 5 heteroatoms. The van der Waals surface area contributed by atoms with E-state index in [4.69, 9.17) is 4.74 Å². The van der Waals surface area contributed by atoms with Crippen LogP contribution in [0.2, 0.25) is 0 Å². The van der Waals surface area contributed by atoms with Crippen LogP contribution in [0.5, 0.6) is 0 Å². The van der Waals surface area contributed by atoms with Gasteiger partial charge in [0.1, 0.15) is 0 Å². The van der Waals surface area contributed by atoms with E-state index < -0.39 is 0 Å². The Kier molecular flexibility index (Phi) is 5.63. The number of nitrogens with one attached hydrogen (secondary N) is 2. The van der Waals surface area contributed by atoms with Crippen LogP contribution in [-0.2, 0) is 11.3 Å². The van der Waals surface area contributed by atoms with Gasteiger partial charge in [0.05, 0.1) is 12.7 Å². The van der Waals surface area contributed by atoms with Crippen LogP contribution in [0.3, 0.4) is 0 Å². The van der Waals surface area contributed by atoms with Crippen molar-refractivity contribution in [2.24, 2.45) is 17.8 Å². The Morgan fingerprint density at radius 1 is 0.966 bits per heavy atom. The Morgan fingerprint density at radius 2 is 1.55 bits per heavy atom. The van der Waals surface area contributed by atoms with Crippen LogP contribution in [0, 0.1) is 17.8 Å². The maximum Gasteiger partial charge on any atom is 0.315 e. The van der Waals surface area contributed by atoms with Crippen LogP contribution in [-0.4, -0.2) is 23.7 Å². The highest BCUT2D eigenvalue weighted by Gasteiger charge is 2.51. The van der Waals surface area contributed by atoms with E-state index in [9.17, 15) is 4.79 Å². The van der Waals surface area contributed by atoms with E-state index >= 15 is 0 Å². The van der Waals surface area contributed by atoms with Crippen molar-refractivity contribution in [1.29, 1.82) is 0 Å². The first-order chi connectivity index (χ1) is 14.1. The van der Waals surface area contributed by atoms with Crippen molar-refractivity contribution < 1.29 is 9.53 Å². The third kappa shape index (κ3) is 4.66. The average Bonchev–Trinajstić information content (AvgIpc) is 2.67. The number of amides is 2. The number of ether oxygens (including phenoxy) is 1. The normalized spacial score (nSPS) is 38.0. The Morgan fingerprint density at radius 3 is 2.14 bits per heavy atom. The summed E-state index contributed by atoms with van der Waals surface area (Å²) in [5.74, 6) is 2.58. The van der Waals surface area contributed by atoms with Gasteiger partial charge < -0.3 is 15.4 Å². The van der Waals surface area contributed by atoms with Gasteiger partial charge in [-0.25, -0.2) is 4.79 Å². The van der Waals surface area contributed by atoms with Crippen LogP contribution in [0.1, 0.15) is 69.8 Å². The number of rotatable bonds is 5. The number of hydrogen-bond acceptors (Lipinski definition) is 2. The molecule has 5 aliphatic carbocycles. The molecule has 5 aliphatic rings. The summed E-state index contributed by atoms with van der Waals surface area (Å²) in [5.41, 5.74) is 1.31. The van der Waals surface area contributed by atoms with Gasteiger partial charge in [0.25, 0.3) is 0 Å². The standard InChI is InChI=1S/C24H33BrN2O2/c25-20-3-1-16(2-4-20)15-29-22-7-5-21(6-8-22)26-23(28)27-24-12-17-9-18(13-24)11-19(10-17)14-24/h1-4,17-19,21-22H,5-15H2,(H2,26,27,28)/t17?,18?,19?,21-,22+,24?. The third-order valence-electron chi connectivity index (χ3n) is 7.83. The fourth-order valence-electron chi connectivity index (χ4n) is 6.89. The highest BCUT2D eigenvalue weighted by Crippen LogP contribution is 2.55. The first-order valence-electron chi connectivity index (χ1n) is 11.5. The van der Waals surface area contributed by atoms with E-state index in [1.54, 1.807) is 0 Å². The lowest BCUT2D eigenvalue weighted by Gasteiger charge is -2.56. The zero-order chi connectivity index (χ0) is 19.8. The molecule has 5 saturated carbocycles. The molecule has 29 heavy (non-hydrogen) atoms. The monoisotopic (exact) mass is 460 g/mol. The van der Waals surface area contributed by atoms with Crippen molar-refractivity contribution in [1.82, 2.24) is 10.6 Å². The summed E-state index contributed by atoms with van der Waals surface area (Å²) in [7, 11) is 0. The molecule has 4 nitrogen and oxygen atoms in total. The maximum absolute atomic E-state index is 12.8. The highest BCUT2D eigenvalue weighted by molar-refractivity contribution is 9.10. The van der Waals surface area contributed by atoms with Crippen LogP contribution < -0.4 is 10.6 Å². The van der Waals surface area contributed by atoms with Crippen molar-refractivity contribution in [3.05, 3.63) is 34.3 Å². The van der Waals surface area contributed by atoms with Gasteiger partial charge in [0.15, 0.2) is 0 Å². The topological polar surface area (TPSA) is 50.4 Å². The Hall–Kier alpha value is -1.07. The van der Waals surface area contributed by atoms with Gasteiger partial charge in [-0.2, -0.15) is 0 Å². The van der Waals surface area contributed by atoms with Gasteiger partial charge in [0.2, 0.25) is 0 Å². The second-order valence-electron chi connectivity index (χ2n) is 10.2. The fraction of sp³-hybridized carbons (Fsp3) is 0.708.